The molecular weight excluding hydrogens is 294 g/mol. The van der Waals surface area contributed by atoms with Gasteiger partial charge < -0.3 is 5.32 Å². The summed E-state index contributed by atoms with van der Waals surface area (Å²) in [6, 6.07) is 3.75. The lowest BCUT2D eigenvalue weighted by molar-refractivity contribution is -0.385. The molecule has 1 heterocycles. The second-order valence-electron chi connectivity index (χ2n) is 5.40. The summed E-state index contributed by atoms with van der Waals surface area (Å²) in [6.07, 6.45) is 0.890. The molecule has 1 aromatic rings. The Kier molecular flexibility index (Phi) is 4.60. The number of piperidine rings is 1. The molecule has 0 saturated carbocycles. The van der Waals surface area contributed by atoms with Crippen LogP contribution in [0.25, 0.3) is 0 Å². The lowest BCUT2D eigenvalue weighted by Crippen LogP contribution is -2.50. The van der Waals surface area contributed by atoms with Gasteiger partial charge in [-0.2, -0.15) is 0 Å². The van der Waals surface area contributed by atoms with Crippen LogP contribution >= 0.6 is 0 Å². The van der Waals surface area contributed by atoms with Crippen molar-refractivity contribution in [1.29, 1.82) is 0 Å². The molecule has 1 saturated heterocycles. The zero-order valence-corrected chi connectivity index (χ0v) is 12.8. The van der Waals surface area contributed by atoms with E-state index in [9.17, 15) is 18.5 Å². The predicted molar refractivity (Wildman–Crippen MR) is 78.6 cm³/mol. The number of nitro groups is 1. The summed E-state index contributed by atoms with van der Waals surface area (Å²) in [5.74, 6) is 0.224. The molecule has 2 unspecified atom stereocenters. The van der Waals surface area contributed by atoms with Crippen molar-refractivity contribution in [3.8, 4) is 0 Å². The highest BCUT2D eigenvalue weighted by molar-refractivity contribution is 7.89. The van der Waals surface area contributed by atoms with Crippen molar-refractivity contribution >= 4 is 15.7 Å². The van der Waals surface area contributed by atoms with Gasteiger partial charge in [0.15, 0.2) is 0 Å². The lowest BCUT2D eigenvalue weighted by atomic mass is 9.96. The largest absolute Gasteiger partial charge is 0.315 e. The normalized spacial score (nSPS) is 23.0. The number of nitrogens with zero attached hydrogens (tertiary/aromatic N) is 1. The first kappa shape index (κ1) is 15.9. The molecule has 0 amide bonds. The van der Waals surface area contributed by atoms with Crippen LogP contribution in [0.1, 0.15) is 18.9 Å². The van der Waals surface area contributed by atoms with Gasteiger partial charge in [-0.25, -0.2) is 13.1 Å². The van der Waals surface area contributed by atoms with Crippen LogP contribution in [0.15, 0.2) is 23.1 Å². The fourth-order valence-corrected chi connectivity index (χ4v) is 3.73. The minimum Gasteiger partial charge on any atom is -0.315 e. The van der Waals surface area contributed by atoms with Gasteiger partial charge in [0.25, 0.3) is 5.69 Å². The monoisotopic (exact) mass is 313 g/mol. The maximum Gasteiger partial charge on any atom is 0.273 e. The zero-order valence-electron chi connectivity index (χ0n) is 12.0. The van der Waals surface area contributed by atoms with Gasteiger partial charge in [0.2, 0.25) is 10.0 Å². The third-order valence-corrected chi connectivity index (χ3v) is 5.31. The van der Waals surface area contributed by atoms with E-state index in [4.69, 9.17) is 0 Å². The number of nitro benzene ring substituents is 1. The number of aryl methyl sites for hydroxylation is 1. The van der Waals surface area contributed by atoms with Crippen molar-refractivity contribution < 1.29 is 13.3 Å². The summed E-state index contributed by atoms with van der Waals surface area (Å²) < 4.78 is 27.4. The molecule has 1 aliphatic rings. The van der Waals surface area contributed by atoms with E-state index in [0.29, 0.717) is 12.1 Å². The topological polar surface area (TPSA) is 101 Å². The van der Waals surface area contributed by atoms with E-state index < -0.39 is 14.9 Å². The van der Waals surface area contributed by atoms with Gasteiger partial charge in [-0.3, -0.25) is 10.1 Å². The third-order valence-electron chi connectivity index (χ3n) is 3.82. The number of sulfonamides is 1. The standard InChI is InChI=1S/C13H19N3O4S/c1-9-5-6-14-8-12(9)15-21(19,20)11-4-3-10(2)13(7-11)16(17)18/h3-4,7,9,12,14-15H,5-6,8H2,1-2H3. The van der Waals surface area contributed by atoms with Crippen LogP contribution in [0, 0.1) is 23.0 Å². The molecule has 0 bridgehead atoms. The number of hydrogen-bond acceptors (Lipinski definition) is 5. The maximum absolute atomic E-state index is 12.4. The van der Waals surface area contributed by atoms with Crippen LogP contribution < -0.4 is 10.0 Å². The van der Waals surface area contributed by atoms with Crippen LogP contribution in [0.5, 0.6) is 0 Å². The maximum atomic E-state index is 12.4. The second kappa shape index (κ2) is 6.08. The van der Waals surface area contributed by atoms with Gasteiger partial charge in [0, 0.05) is 24.2 Å². The summed E-state index contributed by atoms with van der Waals surface area (Å²) in [7, 11) is -3.76. The molecule has 0 aliphatic carbocycles. The second-order valence-corrected chi connectivity index (χ2v) is 7.12. The quantitative estimate of drug-likeness (QED) is 0.642. The summed E-state index contributed by atoms with van der Waals surface area (Å²) in [4.78, 5) is 10.3. The Bertz CT molecular complexity index is 645. The number of benzene rings is 1. The van der Waals surface area contributed by atoms with Gasteiger partial charge >= 0.3 is 0 Å². The van der Waals surface area contributed by atoms with E-state index in [1.165, 1.54) is 12.1 Å². The fourth-order valence-electron chi connectivity index (χ4n) is 2.37. The molecular formula is C13H19N3O4S. The lowest BCUT2D eigenvalue weighted by Gasteiger charge is -2.29. The van der Waals surface area contributed by atoms with Crippen molar-refractivity contribution in [2.75, 3.05) is 13.1 Å². The average Bonchev–Trinajstić information content (AvgIpc) is 2.41. The van der Waals surface area contributed by atoms with Gasteiger partial charge in [-0.05, 0) is 31.9 Å². The van der Waals surface area contributed by atoms with Gasteiger partial charge in [0.05, 0.1) is 9.82 Å². The fraction of sp³-hybridized carbons (Fsp3) is 0.538. The third kappa shape index (κ3) is 3.58. The van der Waals surface area contributed by atoms with E-state index in [1.807, 2.05) is 6.92 Å². The van der Waals surface area contributed by atoms with Crippen molar-refractivity contribution in [2.45, 2.75) is 31.2 Å². The number of nitrogens with one attached hydrogen (secondary N) is 2. The van der Waals surface area contributed by atoms with Crippen molar-refractivity contribution in [3.63, 3.8) is 0 Å². The minimum absolute atomic E-state index is 0.0717. The number of rotatable bonds is 4. The first-order valence-corrected chi connectivity index (χ1v) is 8.27. The van der Waals surface area contributed by atoms with E-state index in [0.717, 1.165) is 19.0 Å². The van der Waals surface area contributed by atoms with Gasteiger partial charge in [-0.1, -0.05) is 13.0 Å². The summed E-state index contributed by atoms with van der Waals surface area (Å²) in [5.41, 5.74) is 0.249. The molecule has 2 N–H and O–H groups in total. The Labute approximate surface area is 123 Å². The van der Waals surface area contributed by atoms with E-state index in [1.54, 1.807) is 6.92 Å². The predicted octanol–water partition coefficient (Wildman–Crippen LogP) is 1.18. The molecule has 2 rings (SSSR count). The van der Waals surface area contributed by atoms with Crippen LogP contribution in [-0.2, 0) is 10.0 Å². The first-order chi connectivity index (χ1) is 9.81. The summed E-state index contributed by atoms with van der Waals surface area (Å²) in [6.45, 7) is 5.00. The Morgan fingerprint density at radius 2 is 2.14 bits per heavy atom. The highest BCUT2D eigenvalue weighted by Gasteiger charge is 2.27. The van der Waals surface area contributed by atoms with E-state index >= 15 is 0 Å². The Balaban J connectivity index is 2.27. The van der Waals surface area contributed by atoms with Crippen molar-refractivity contribution in [3.05, 3.63) is 33.9 Å². The Hall–Kier alpha value is -1.51. The molecule has 21 heavy (non-hydrogen) atoms. The first-order valence-electron chi connectivity index (χ1n) is 6.79. The average molecular weight is 313 g/mol. The molecule has 1 fully saturated rings. The smallest absolute Gasteiger partial charge is 0.273 e. The van der Waals surface area contributed by atoms with Crippen molar-refractivity contribution in [2.24, 2.45) is 5.92 Å². The SMILES string of the molecule is Cc1ccc(S(=O)(=O)NC2CNCCC2C)cc1[N+](=O)[O-]. The molecule has 1 aromatic carbocycles. The van der Waals surface area contributed by atoms with Crippen LogP contribution in [0.4, 0.5) is 5.69 Å². The molecule has 8 heteroatoms. The summed E-state index contributed by atoms with van der Waals surface area (Å²) in [5, 5.41) is 14.1. The highest BCUT2D eigenvalue weighted by Crippen LogP contribution is 2.23. The minimum atomic E-state index is -3.76. The van der Waals surface area contributed by atoms with Gasteiger partial charge in [-0.15, -0.1) is 0 Å². The molecule has 7 nitrogen and oxygen atoms in total. The van der Waals surface area contributed by atoms with E-state index in [-0.39, 0.29) is 22.5 Å². The van der Waals surface area contributed by atoms with Crippen LogP contribution in [-0.4, -0.2) is 32.5 Å². The molecule has 2 atom stereocenters. The molecule has 0 spiro atoms. The Morgan fingerprint density at radius 3 is 2.76 bits per heavy atom. The summed E-state index contributed by atoms with van der Waals surface area (Å²) >= 11 is 0. The zero-order chi connectivity index (χ0) is 15.6. The van der Waals surface area contributed by atoms with E-state index in [2.05, 4.69) is 10.0 Å². The highest BCUT2D eigenvalue weighted by atomic mass is 32.2. The molecule has 1 aliphatic heterocycles. The van der Waals surface area contributed by atoms with Crippen molar-refractivity contribution in [1.82, 2.24) is 10.0 Å². The van der Waals surface area contributed by atoms with Crippen LogP contribution in [0.2, 0.25) is 0 Å². The molecule has 116 valence electrons. The molecule has 0 radical (unpaired) electrons. The van der Waals surface area contributed by atoms with Crippen LogP contribution in [0.3, 0.4) is 0 Å². The Morgan fingerprint density at radius 1 is 1.43 bits per heavy atom. The number of hydrogen-bond donors (Lipinski definition) is 2. The molecule has 0 aromatic heterocycles. The van der Waals surface area contributed by atoms with Gasteiger partial charge in [0.1, 0.15) is 0 Å².